The molecular formula is C17H19BrClN3O2. The van der Waals surface area contributed by atoms with Crippen LogP contribution in [0.4, 0.5) is 0 Å². The summed E-state index contributed by atoms with van der Waals surface area (Å²) < 4.78 is 0.790. The average molecular weight is 413 g/mol. The number of hydrogen-bond acceptors (Lipinski definition) is 3. The van der Waals surface area contributed by atoms with Crippen molar-refractivity contribution in [3.05, 3.63) is 44.7 Å². The zero-order valence-corrected chi connectivity index (χ0v) is 15.5. The third-order valence-corrected chi connectivity index (χ3v) is 5.53. The maximum atomic E-state index is 13.0. The minimum absolute atomic E-state index is 0. The maximum Gasteiger partial charge on any atom is 0.254 e. The monoisotopic (exact) mass is 411 g/mol. The third-order valence-electron chi connectivity index (χ3n) is 4.87. The minimum Gasteiger partial charge on any atom is -0.337 e. The fourth-order valence-corrected chi connectivity index (χ4v) is 4.18. The summed E-state index contributed by atoms with van der Waals surface area (Å²) in [4.78, 5) is 29.7. The number of para-hydroxylation sites is 1. The molecule has 2 N–H and O–H groups in total. The van der Waals surface area contributed by atoms with E-state index in [4.69, 9.17) is 0 Å². The number of likely N-dealkylation sites (tertiary alicyclic amines) is 1. The van der Waals surface area contributed by atoms with Gasteiger partial charge in [0, 0.05) is 41.1 Å². The molecule has 2 fully saturated rings. The van der Waals surface area contributed by atoms with E-state index in [0.29, 0.717) is 23.2 Å². The van der Waals surface area contributed by atoms with Gasteiger partial charge in [0.25, 0.3) is 5.91 Å². The Balaban J connectivity index is 0.00000169. The predicted molar refractivity (Wildman–Crippen MR) is 100.0 cm³/mol. The van der Waals surface area contributed by atoms with Gasteiger partial charge < -0.3 is 15.2 Å². The Morgan fingerprint density at radius 3 is 2.83 bits per heavy atom. The second kappa shape index (κ2) is 6.86. The lowest BCUT2D eigenvalue weighted by molar-refractivity contribution is 0.0750. The van der Waals surface area contributed by atoms with E-state index in [-0.39, 0.29) is 23.9 Å². The van der Waals surface area contributed by atoms with Crippen molar-refractivity contribution in [3.8, 4) is 0 Å². The number of pyridine rings is 1. The number of amides is 1. The number of hydrogen-bond donors (Lipinski definition) is 2. The van der Waals surface area contributed by atoms with Crippen LogP contribution in [0.25, 0.3) is 10.9 Å². The second-order valence-electron chi connectivity index (χ2n) is 6.39. The molecule has 2 saturated heterocycles. The van der Waals surface area contributed by atoms with Gasteiger partial charge in [0.15, 0.2) is 0 Å². The molecule has 1 amide bonds. The highest BCUT2D eigenvalue weighted by Gasteiger charge is 2.32. The van der Waals surface area contributed by atoms with E-state index >= 15 is 0 Å². The molecule has 0 saturated carbocycles. The molecule has 2 unspecified atom stereocenters. The van der Waals surface area contributed by atoms with Crippen molar-refractivity contribution in [2.75, 3.05) is 13.1 Å². The van der Waals surface area contributed by atoms with Gasteiger partial charge in [-0.05, 0) is 41.3 Å². The number of H-pyrrole nitrogens is 1. The van der Waals surface area contributed by atoms with Crippen LogP contribution in [0.1, 0.15) is 29.6 Å². The highest BCUT2D eigenvalue weighted by atomic mass is 79.9. The van der Waals surface area contributed by atoms with Crippen molar-refractivity contribution in [1.82, 2.24) is 15.2 Å². The van der Waals surface area contributed by atoms with E-state index in [9.17, 15) is 9.59 Å². The lowest BCUT2D eigenvalue weighted by atomic mass is 10.1. The number of rotatable bonds is 1. The first-order valence-corrected chi connectivity index (χ1v) is 8.78. The van der Waals surface area contributed by atoms with Crippen LogP contribution in [-0.2, 0) is 0 Å². The van der Waals surface area contributed by atoms with Crippen LogP contribution in [0.2, 0.25) is 0 Å². The van der Waals surface area contributed by atoms with Crippen LogP contribution in [-0.4, -0.2) is 41.0 Å². The van der Waals surface area contributed by atoms with Gasteiger partial charge in [0.2, 0.25) is 5.56 Å². The van der Waals surface area contributed by atoms with Crippen LogP contribution in [0.5, 0.6) is 0 Å². The summed E-state index contributed by atoms with van der Waals surface area (Å²) in [6.07, 6.45) is 3.30. The van der Waals surface area contributed by atoms with Crippen LogP contribution in [0.3, 0.4) is 0 Å². The Labute approximate surface area is 154 Å². The number of carbonyl (C=O) groups is 1. The summed E-state index contributed by atoms with van der Waals surface area (Å²) in [5.74, 6) is -0.0476. The van der Waals surface area contributed by atoms with E-state index < -0.39 is 0 Å². The number of carbonyl (C=O) groups excluding carboxylic acids is 1. The second-order valence-corrected chi connectivity index (χ2v) is 7.24. The highest BCUT2D eigenvalue weighted by molar-refractivity contribution is 9.10. The number of halogens is 2. The summed E-state index contributed by atoms with van der Waals surface area (Å²) in [5, 5.41) is 4.36. The number of fused-ring (bicyclic) bond motifs is 3. The Kier molecular flexibility index (Phi) is 4.99. The predicted octanol–water partition coefficient (Wildman–Crippen LogP) is 2.68. The lowest BCUT2D eigenvalue weighted by Gasteiger charge is -2.24. The molecule has 5 nitrogen and oxygen atoms in total. The molecule has 128 valence electrons. The van der Waals surface area contributed by atoms with Gasteiger partial charge >= 0.3 is 0 Å². The first kappa shape index (κ1) is 17.5. The van der Waals surface area contributed by atoms with Gasteiger partial charge in [-0.2, -0.15) is 0 Å². The Bertz CT molecular complexity index is 838. The molecule has 0 aliphatic carbocycles. The molecule has 2 atom stereocenters. The highest BCUT2D eigenvalue weighted by Crippen LogP contribution is 2.26. The van der Waals surface area contributed by atoms with Gasteiger partial charge in [-0.25, -0.2) is 0 Å². The molecule has 24 heavy (non-hydrogen) atoms. The molecule has 1 aromatic carbocycles. The van der Waals surface area contributed by atoms with Crippen molar-refractivity contribution in [2.45, 2.75) is 31.3 Å². The first-order valence-electron chi connectivity index (χ1n) is 7.99. The zero-order valence-electron chi connectivity index (χ0n) is 13.0. The van der Waals surface area contributed by atoms with Crippen LogP contribution in [0.15, 0.2) is 33.5 Å². The largest absolute Gasteiger partial charge is 0.337 e. The van der Waals surface area contributed by atoms with Gasteiger partial charge in [-0.15, -0.1) is 12.4 Å². The summed E-state index contributed by atoms with van der Waals surface area (Å²) in [6.45, 7) is 1.47. The Morgan fingerprint density at radius 2 is 2.00 bits per heavy atom. The normalized spacial score (nSPS) is 23.0. The first-order chi connectivity index (χ1) is 11.1. The SMILES string of the molecule is Cl.O=C(c1cc(=O)[nH]c2c(Br)cccc12)N1CCC2CCC(C1)N2. The van der Waals surface area contributed by atoms with Crippen molar-refractivity contribution in [3.63, 3.8) is 0 Å². The van der Waals surface area contributed by atoms with Gasteiger partial charge in [0.1, 0.15) is 0 Å². The molecule has 2 aliphatic heterocycles. The maximum absolute atomic E-state index is 13.0. The van der Waals surface area contributed by atoms with Crippen molar-refractivity contribution in [2.24, 2.45) is 0 Å². The van der Waals surface area contributed by atoms with E-state index in [1.807, 2.05) is 23.1 Å². The molecule has 7 heteroatoms. The number of aromatic nitrogens is 1. The van der Waals surface area contributed by atoms with E-state index in [2.05, 4.69) is 26.2 Å². The number of nitrogens with one attached hydrogen (secondary N) is 2. The zero-order chi connectivity index (χ0) is 16.0. The van der Waals surface area contributed by atoms with Crippen LogP contribution >= 0.6 is 28.3 Å². The molecule has 0 spiro atoms. The molecule has 1 aromatic heterocycles. The van der Waals surface area contributed by atoms with Crippen molar-refractivity contribution in [1.29, 1.82) is 0 Å². The third kappa shape index (κ3) is 3.10. The Morgan fingerprint density at radius 1 is 1.21 bits per heavy atom. The van der Waals surface area contributed by atoms with Crippen LogP contribution in [0, 0.1) is 0 Å². The summed E-state index contributed by atoms with van der Waals surface area (Å²) in [5.41, 5.74) is 0.919. The fourth-order valence-electron chi connectivity index (χ4n) is 3.72. The van der Waals surface area contributed by atoms with E-state index in [1.165, 1.54) is 12.5 Å². The lowest BCUT2D eigenvalue weighted by Crippen LogP contribution is -2.39. The molecule has 2 aromatic rings. The average Bonchev–Trinajstić information content (AvgIpc) is 2.86. The fraction of sp³-hybridized carbons (Fsp3) is 0.412. The Hall–Kier alpha value is -1.37. The number of nitrogens with zero attached hydrogens (tertiary/aromatic N) is 1. The van der Waals surface area contributed by atoms with Gasteiger partial charge in [-0.1, -0.05) is 12.1 Å². The summed E-state index contributed by atoms with van der Waals surface area (Å²) in [6, 6.07) is 7.96. The molecular weight excluding hydrogens is 394 g/mol. The number of benzene rings is 1. The smallest absolute Gasteiger partial charge is 0.254 e. The molecule has 2 bridgehead atoms. The van der Waals surface area contributed by atoms with Gasteiger partial charge in [0.05, 0.1) is 11.1 Å². The molecule has 3 heterocycles. The van der Waals surface area contributed by atoms with E-state index in [1.54, 1.807) is 0 Å². The van der Waals surface area contributed by atoms with Crippen LogP contribution < -0.4 is 10.9 Å². The molecule has 0 radical (unpaired) electrons. The minimum atomic E-state index is -0.248. The molecule has 2 aliphatic rings. The standard InChI is InChI=1S/C17H18BrN3O2.ClH/c18-14-3-1-2-12-13(8-15(22)20-16(12)14)17(23)21-7-6-10-4-5-11(9-21)19-10;/h1-3,8,10-11,19H,4-7,9H2,(H,20,22);1H. The number of aromatic amines is 1. The van der Waals surface area contributed by atoms with E-state index in [0.717, 1.165) is 35.8 Å². The quantitative estimate of drug-likeness (QED) is 0.757. The molecule has 4 rings (SSSR count). The van der Waals surface area contributed by atoms with Crippen molar-refractivity contribution < 1.29 is 4.79 Å². The van der Waals surface area contributed by atoms with Gasteiger partial charge in [-0.3, -0.25) is 9.59 Å². The summed E-state index contributed by atoms with van der Waals surface area (Å²) >= 11 is 3.44. The van der Waals surface area contributed by atoms with Crippen molar-refractivity contribution >= 4 is 45.1 Å². The summed E-state index contributed by atoms with van der Waals surface area (Å²) in [7, 11) is 0. The topological polar surface area (TPSA) is 65.2 Å².